The van der Waals surface area contributed by atoms with E-state index in [2.05, 4.69) is 5.32 Å². The summed E-state index contributed by atoms with van der Waals surface area (Å²) in [4.78, 5) is 1.02. The highest BCUT2D eigenvalue weighted by atomic mass is 35.5. The number of halogens is 1. The third kappa shape index (κ3) is 2.14. The first-order chi connectivity index (χ1) is 7.68. The van der Waals surface area contributed by atoms with Crippen LogP contribution < -0.4 is 5.32 Å². The number of hydrogen-bond acceptors (Lipinski definition) is 3. The molecule has 1 aromatic rings. The van der Waals surface area contributed by atoms with Gasteiger partial charge in [-0.05, 0) is 43.7 Å². The van der Waals surface area contributed by atoms with Gasteiger partial charge in [0.05, 0.1) is 4.34 Å². The van der Waals surface area contributed by atoms with Crippen LogP contribution in [0.2, 0.25) is 4.34 Å². The Bertz CT molecular complexity index is 386. The summed E-state index contributed by atoms with van der Waals surface area (Å²) >= 11 is 7.46. The topological polar surface area (TPSA) is 32.3 Å². The van der Waals surface area contributed by atoms with Crippen molar-refractivity contribution < 1.29 is 5.11 Å². The first-order valence-electron chi connectivity index (χ1n) is 5.90. The number of nitrogens with one attached hydrogen (secondary N) is 1. The molecular weight excluding hydrogens is 242 g/mol. The minimum atomic E-state index is -0.680. The maximum Gasteiger partial charge on any atom is 0.114 e. The van der Waals surface area contributed by atoms with Crippen molar-refractivity contribution >= 4 is 22.9 Å². The molecule has 0 spiro atoms. The Hall–Kier alpha value is -0.0900. The molecule has 2 aliphatic rings. The normalized spacial score (nSPS) is 24.4. The largest absolute Gasteiger partial charge is 0.383 e. The number of aliphatic hydroxyl groups is 1. The Balaban J connectivity index is 1.77. The van der Waals surface area contributed by atoms with E-state index in [1.54, 1.807) is 0 Å². The smallest absolute Gasteiger partial charge is 0.114 e. The Morgan fingerprint density at radius 2 is 2.12 bits per heavy atom. The standard InChI is InChI=1S/C12H16ClNOS/c13-11-6-5-10(16-11)12(15,8-1-2-8)7-14-9-3-4-9/h5-6,8-9,14-15H,1-4,7H2. The molecule has 1 heterocycles. The molecule has 3 rings (SSSR count). The summed E-state index contributed by atoms with van der Waals surface area (Å²) in [5, 5.41) is 14.2. The van der Waals surface area contributed by atoms with Gasteiger partial charge in [0.2, 0.25) is 0 Å². The minimum Gasteiger partial charge on any atom is -0.383 e. The van der Waals surface area contributed by atoms with E-state index >= 15 is 0 Å². The summed E-state index contributed by atoms with van der Waals surface area (Å²) in [5.74, 6) is 0.425. The van der Waals surface area contributed by atoms with E-state index in [1.165, 1.54) is 24.2 Å². The molecule has 2 aliphatic carbocycles. The van der Waals surface area contributed by atoms with Crippen LogP contribution in [-0.4, -0.2) is 17.7 Å². The maximum atomic E-state index is 10.8. The molecule has 2 nitrogen and oxygen atoms in total. The Morgan fingerprint density at radius 1 is 1.38 bits per heavy atom. The molecule has 88 valence electrons. The highest BCUT2D eigenvalue weighted by Gasteiger charge is 2.46. The molecule has 1 unspecified atom stereocenters. The van der Waals surface area contributed by atoms with Gasteiger partial charge in [-0.1, -0.05) is 11.6 Å². The van der Waals surface area contributed by atoms with E-state index in [-0.39, 0.29) is 0 Å². The van der Waals surface area contributed by atoms with E-state index in [0.717, 1.165) is 22.1 Å². The number of thiophene rings is 1. The molecular formula is C12H16ClNOS. The predicted octanol–water partition coefficient (Wildman–Crippen LogP) is 2.75. The van der Waals surface area contributed by atoms with Crippen molar-refractivity contribution in [3.05, 3.63) is 21.3 Å². The molecule has 1 aromatic heterocycles. The van der Waals surface area contributed by atoms with Crippen molar-refractivity contribution in [3.63, 3.8) is 0 Å². The average molecular weight is 258 g/mol. The van der Waals surface area contributed by atoms with Crippen molar-refractivity contribution in [1.82, 2.24) is 5.32 Å². The molecule has 16 heavy (non-hydrogen) atoms. The van der Waals surface area contributed by atoms with Crippen LogP contribution in [-0.2, 0) is 5.60 Å². The quantitative estimate of drug-likeness (QED) is 0.850. The molecule has 2 fully saturated rings. The summed E-state index contributed by atoms with van der Waals surface area (Å²) in [5.41, 5.74) is -0.680. The van der Waals surface area contributed by atoms with Gasteiger partial charge in [-0.3, -0.25) is 0 Å². The van der Waals surface area contributed by atoms with Gasteiger partial charge < -0.3 is 10.4 Å². The van der Waals surface area contributed by atoms with Crippen molar-refractivity contribution in [2.24, 2.45) is 5.92 Å². The van der Waals surface area contributed by atoms with E-state index in [9.17, 15) is 5.11 Å². The lowest BCUT2D eigenvalue weighted by atomic mass is 9.95. The second-order valence-electron chi connectivity index (χ2n) is 4.96. The Labute approximate surface area is 105 Å². The molecule has 1 atom stereocenters. The second kappa shape index (κ2) is 3.98. The van der Waals surface area contributed by atoms with E-state index in [4.69, 9.17) is 11.6 Å². The fourth-order valence-corrected chi connectivity index (χ4v) is 3.34. The van der Waals surface area contributed by atoms with Crippen LogP contribution in [0.3, 0.4) is 0 Å². The van der Waals surface area contributed by atoms with E-state index < -0.39 is 5.60 Å². The van der Waals surface area contributed by atoms with Gasteiger partial charge in [0.15, 0.2) is 0 Å². The molecule has 4 heteroatoms. The van der Waals surface area contributed by atoms with E-state index in [1.807, 2.05) is 12.1 Å². The van der Waals surface area contributed by atoms with Crippen molar-refractivity contribution in [2.45, 2.75) is 37.3 Å². The van der Waals surface area contributed by atoms with Crippen molar-refractivity contribution in [2.75, 3.05) is 6.54 Å². The van der Waals surface area contributed by atoms with Gasteiger partial charge in [-0.25, -0.2) is 0 Å². The summed E-state index contributed by atoms with van der Waals surface area (Å²) in [7, 11) is 0. The van der Waals surface area contributed by atoms with Gasteiger partial charge >= 0.3 is 0 Å². The van der Waals surface area contributed by atoms with Crippen LogP contribution in [0, 0.1) is 5.92 Å². The molecule has 2 saturated carbocycles. The first kappa shape index (κ1) is 11.0. The monoisotopic (exact) mass is 257 g/mol. The Kier molecular flexibility index (Phi) is 2.75. The van der Waals surface area contributed by atoms with Gasteiger partial charge in [0, 0.05) is 17.5 Å². The fraction of sp³-hybridized carbons (Fsp3) is 0.667. The molecule has 2 N–H and O–H groups in total. The van der Waals surface area contributed by atoms with Gasteiger partial charge in [-0.2, -0.15) is 0 Å². The van der Waals surface area contributed by atoms with Crippen LogP contribution in [0.5, 0.6) is 0 Å². The molecule has 0 bridgehead atoms. The molecule has 0 amide bonds. The third-order valence-corrected chi connectivity index (χ3v) is 4.89. The zero-order valence-corrected chi connectivity index (χ0v) is 10.7. The predicted molar refractivity (Wildman–Crippen MR) is 67.0 cm³/mol. The zero-order valence-electron chi connectivity index (χ0n) is 9.08. The molecule has 0 aliphatic heterocycles. The molecule has 0 radical (unpaired) electrons. The van der Waals surface area contributed by atoms with Gasteiger partial charge in [0.25, 0.3) is 0 Å². The van der Waals surface area contributed by atoms with Crippen LogP contribution in [0.4, 0.5) is 0 Å². The maximum absolute atomic E-state index is 10.8. The lowest BCUT2D eigenvalue weighted by Crippen LogP contribution is -2.40. The highest BCUT2D eigenvalue weighted by Crippen LogP contribution is 2.48. The first-order valence-corrected chi connectivity index (χ1v) is 7.09. The highest BCUT2D eigenvalue weighted by molar-refractivity contribution is 7.16. The van der Waals surface area contributed by atoms with E-state index in [0.29, 0.717) is 18.5 Å². The summed E-state index contributed by atoms with van der Waals surface area (Å²) in [6.07, 6.45) is 4.79. The third-order valence-electron chi connectivity index (χ3n) is 3.49. The minimum absolute atomic E-state index is 0.425. The zero-order chi connectivity index (χ0) is 11.2. The van der Waals surface area contributed by atoms with Crippen LogP contribution in [0.25, 0.3) is 0 Å². The Morgan fingerprint density at radius 3 is 2.62 bits per heavy atom. The number of hydrogen-bond donors (Lipinski definition) is 2. The summed E-state index contributed by atoms with van der Waals surface area (Å²) < 4.78 is 0.764. The fourth-order valence-electron chi connectivity index (χ4n) is 2.13. The van der Waals surface area contributed by atoms with Crippen molar-refractivity contribution in [3.8, 4) is 0 Å². The van der Waals surface area contributed by atoms with Crippen molar-refractivity contribution in [1.29, 1.82) is 0 Å². The average Bonchev–Trinajstić information content (AvgIpc) is 3.14. The lowest BCUT2D eigenvalue weighted by molar-refractivity contribution is 0.0167. The van der Waals surface area contributed by atoms with Gasteiger partial charge in [0.1, 0.15) is 5.60 Å². The van der Waals surface area contributed by atoms with Crippen LogP contribution in [0.15, 0.2) is 12.1 Å². The lowest BCUT2D eigenvalue weighted by Gasteiger charge is -2.27. The number of rotatable bonds is 5. The van der Waals surface area contributed by atoms with Gasteiger partial charge in [-0.15, -0.1) is 11.3 Å². The molecule has 0 aromatic carbocycles. The molecule has 0 saturated heterocycles. The second-order valence-corrected chi connectivity index (χ2v) is 6.67. The summed E-state index contributed by atoms with van der Waals surface area (Å²) in [6, 6.07) is 4.49. The summed E-state index contributed by atoms with van der Waals surface area (Å²) in [6.45, 7) is 0.680. The SMILES string of the molecule is OC(CNC1CC1)(c1ccc(Cl)s1)C1CC1. The van der Waals surface area contributed by atoms with Crippen LogP contribution in [0.1, 0.15) is 30.6 Å². The van der Waals surface area contributed by atoms with Crippen LogP contribution >= 0.6 is 22.9 Å².